The number of aryl methyl sites for hydroxylation is 2. The van der Waals surface area contributed by atoms with Crippen molar-refractivity contribution in [2.75, 3.05) is 6.54 Å². The summed E-state index contributed by atoms with van der Waals surface area (Å²) in [6.45, 7) is 4.50. The summed E-state index contributed by atoms with van der Waals surface area (Å²) >= 11 is 0. The molecule has 0 aliphatic heterocycles. The Labute approximate surface area is 124 Å². The summed E-state index contributed by atoms with van der Waals surface area (Å²) in [5.74, 6) is -0.0144. The highest BCUT2D eigenvalue weighted by Crippen LogP contribution is 2.46. The fourth-order valence-electron chi connectivity index (χ4n) is 2.53. The highest BCUT2D eigenvalue weighted by molar-refractivity contribution is 5.95. The number of benzene rings is 1. The summed E-state index contributed by atoms with van der Waals surface area (Å²) in [5, 5.41) is 11.5. The largest absolute Gasteiger partial charge is 0.351 e. The summed E-state index contributed by atoms with van der Waals surface area (Å²) in [6, 6.07) is 11.6. The maximum absolute atomic E-state index is 12.3. The van der Waals surface area contributed by atoms with Crippen LogP contribution < -0.4 is 5.32 Å². The molecule has 2 aromatic rings. The van der Waals surface area contributed by atoms with Crippen molar-refractivity contribution in [1.29, 1.82) is 0 Å². The van der Waals surface area contributed by atoms with Crippen LogP contribution in [0.3, 0.4) is 0 Å². The zero-order chi connectivity index (χ0) is 14.9. The smallest absolute Gasteiger partial charge is 0.251 e. The molecular formula is C17H19N3O. The van der Waals surface area contributed by atoms with E-state index in [1.807, 2.05) is 50.2 Å². The van der Waals surface area contributed by atoms with Gasteiger partial charge in [-0.2, -0.15) is 10.2 Å². The second-order valence-electron chi connectivity index (χ2n) is 5.84. The van der Waals surface area contributed by atoms with Crippen molar-refractivity contribution in [3.8, 4) is 0 Å². The molecule has 0 spiro atoms. The van der Waals surface area contributed by atoms with Crippen LogP contribution in [0.1, 0.15) is 40.2 Å². The Bertz CT molecular complexity index is 660. The van der Waals surface area contributed by atoms with Crippen molar-refractivity contribution in [1.82, 2.24) is 15.5 Å². The van der Waals surface area contributed by atoms with E-state index in [-0.39, 0.29) is 11.3 Å². The van der Waals surface area contributed by atoms with Gasteiger partial charge in [-0.05, 0) is 50.5 Å². The molecular weight excluding hydrogens is 262 g/mol. The number of nitrogens with zero attached hydrogens (tertiary/aromatic N) is 2. The van der Waals surface area contributed by atoms with Crippen LogP contribution in [0.5, 0.6) is 0 Å². The third-order valence-corrected chi connectivity index (χ3v) is 4.17. The fraction of sp³-hybridized carbons (Fsp3) is 0.353. The minimum absolute atomic E-state index is 0.0144. The molecule has 1 N–H and O–H groups in total. The summed E-state index contributed by atoms with van der Waals surface area (Å²) in [6.07, 6.45) is 2.11. The predicted octanol–water partition coefficient (Wildman–Crippen LogP) is 2.56. The molecule has 1 fully saturated rings. The van der Waals surface area contributed by atoms with E-state index in [1.54, 1.807) is 0 Å². The molecule has 0 bridgehead atoms. The molecule has 21 heavy (non-hydrogen) atoms. The van der Waals surface area contributed by atoms with Gasteiger partial charge in [0.15, 0.2) is 0 Å². The molecule has 1 heterocycles. The first-order valence-electron chi connectivity index (χ1n) is 7.25. The SMILES string of the molecule is Cc1ccc(C2(CNC(=O)c3ccccc3C)CC2)nn1. The van der Waals surface area contributed by atoms with Crippen molar-refractivity contribution in [3.63, 3.8) is 0 Å². The van der Waals surface area contributed by atoms with Crippen molar-refractivity contribution in [2.24, 2.45) is 0 Å². The summed E-state index contributed by atoms with van der Waals surface area (Å²) in [7, 11) is 0. The number of aromatic nitrogens is 2. The Morgan fingerprint density at radius 3 is 2.52 bits per heavy atom. The number of carbonyl (C=O) groups excluding carboxylic acids is 1. The number of carbonyl (C=O) groups is 1. The second kappa shape index (κ2) is 5.28. The van der Waals surface area contributed by atoms with Gasteiger partial charge in [-0.25, -0.2) is 0 Å². The van der Waals surface area contributed by atoms with Crippen LogP contribution >= 0.6 is 0 Å². The first-order chi connectivity index (χ1) is 10.1. The summed E-state index contributed by atoms with van der Waals surface area (Å²) in [5.41, 5.74) is 3.62. The Morgan fingerprint density at radius 2 is 1.90 bits per heavy atom. The van der Waals surface area contributed by atoms with Gasteiger partial charge < -0.3 is 5.32 Å². The number of rotatable bonds is 4. The fourth-order valence-corrected chi connectivity index (χ4v) is 2.53. The number of nitrogens with one attached hydrogen (secondary N) is 1. The minimum atomic E-state index is -0.0148. The summed E-state index contributed by atoms with van der Waals surface area (Å²) in [4.78, 5) is 12.3. The normalized spacial score (nSPS) is 15.5. The lowest BCUT2D eigenvalue weighted by Gasteiger charge is -2.15. The Morgan fingerprint density at radius 1 is 1.14 bits per heavy atom. The standard InChI is InChI=1S/C17H19N3O/c1-12-5-3-4-6-14(12)16(21)18-11-17(9-10-17)15-8-7-13(2)19-20-15/h3-8H,9-11H2,1-2H3,(H,18,21). The van der Waals surface area contributed by atoms with E-state index in [0.29, 0.717) is 6.54 Å². The van der Waals surface area contributed by atoms with Crippen LogP contribution in [0.15, 0.2) is 36.4 Å². The van der Waals surface area contributed by atoms with Crippen LogP contribution in [0, 0.1) is 13.8 Å². The van der Waals surface area contributed by atoms with Gasteiger partial charge in [0.25, 0.3) is 5.91 Å². The highest BCUT2D eigenvalue weighted by Gasteiger charge is 2.46. The van der Waals surface area contributed by atoms with E-state index in [2.05, 4.69) is 15.5 Å². The van der Waals surface area contributed by atoms with Crippen molar-refractivity contribution in [3.05, 3.63) is 58.9 Å². The van der Waals surface area contributed by atoms with Crippen LogP contribution in [0.4, 0.5) is 0 Å². The molecule has 1 aromatic carbocycles. The van der Waals surface area contributed by atoms with E-state index >= 15 is 0 Å². The maximum atomic E-state index is 12.3. The molecule has 0 unspecified atom stereocenters. The zero-order valence-corrected chi connectivity index (χ0v) is 12.4. The monoisotopic (exact) mass is 281 g/mol. The van der Waals surface area contributed by atoms with Gasteiger partial charge in [0.1, 0.15) is 0 Å². The lowest BCUT2D eigenvalue weighted by atomic mass is 10.0. The molecule has 1 amide bonds. The van der Waals surface area contributed by atoms with Gasteiger partial charge >= 0.3 is 0 Å². The molecule has 1 aromatic heterocycles. The Hall–Kier alpha value is -2.23. The predicted molar refractivity (Wildman–Crippen MR) is 81.2 cm³/mol. The van der Waals surface area contributed by atoms with E-state index in [0.717, 1.165) is 35.4 Å². The molecule has 1 aliphatic rings. The van der Waals surface area contributed by atoms with Crippen LogP contribution in [0.25, 0.3) is 0 Å². The first-order valence-corrected chi connectivity index (χ1v) is 7.25. The van der Waals surface area contributed by atoms with Gasteiger partial charge in [0.2, 0.25) is 0 Å². The number of hydrogen-bond acceptors (Lipinski definition) is 3. The molecule has 4 heteroatoms. The lowest BCUT2D eigenvalue weighted by Crippen LogP contribution is -2.33. The van der Waals surface area contributed by atoms with Gasteiger partial charge in [0, 0.05) is 17.5 Å². The number of hydrogen-bond donors (Lipinski definition) is 1. The van der Waals surface area contributed by atoms with Gasteiger partial charge in [0.05, 0.1) is 11.4 Å². The topological polar surface area (TPSA) is 54.9 Å². The third-order valence-electron chi connectivity index (χ3n) is 4.17. The van der Waals surface area contributed by atoms with Crippen LogP contribution in [-0.2, 0) is 5.41 Å². The first kappa shape index (κ1) is 13.7. The van der Waals surface area contributed by atoms with E-state index in [9.17, 15) is 4.79 Å². The summed E-state index contributed by atoms with van der Waals surface area (Å²) < 4.78 is 0. The van der Waals surface area contributed by atoms with Crippen molar-refractivity contribution >= 4 is 5.91 Å². The quantitative estimate of drug-likeness (QED) is 0.937. The molecule has 4 nitrogen and oxygen atoms in total. The van der Waals surface area contributed by atoms with Crippen molar-refractivity contribution < 1.29 is 4.79 Å². The lowest BCUT2D eigenvalue weighted by molar-refractivity contribution is 0.0949. The number of amides is 1. The molecule has 0 saturated heterocycles. The third kappa shape index (κ3) is 2.79. The van der Waals surface area contributed by atoms with E-state index < -0.39 is 0 Å². The van der Waals surface area contributed by atoms with Crippen molar-refractivity contribution in [2.45, 2.75) is 32.1 Å². The van der Waals surface area contributed by atoms with Crippen LogP contribution in [0.2, 0.25) is 0 Å². The molecule has 3 rings (SSSR count). The van der Waals surface area contributed by atoms with Gasteiger partial charge in [-0.3, -0.25) is 4.79 Å². The highest BCUT2D eigenvalue weighted by atomic mass is 16.1. The van der Waals surface area contributed by atoms with E-state index in [1.165, 1.54) is 0 Å². The van der Waals surface area contributed by atoms with E-state index in [4.69, 9.17) is 0 Å². The second-order valence-corrected chi connectivity index (χ2v) is 5.84. The Kier molecular flexibility index (Phi) is 3.45. The van der Waals surface area contributed by atoms with Gasteiger partial charge in [-0.15, -0.1) is 0 Å². The Balaban J connectivity index is 1.69. The average Bonchev–Trinajstić information content (AvgIpc) is 3.27. The molecule has 1 saturated carbocycles. The molecule has 0 atom stereocenters. The average molecular weight is 281 g/mol. The molecule has 0 radical (unpaired) electrons. The van der Waals surface area contributed by atoms with Crippen LogP contribution in [-0.4, -0.2) is 22.6 Å². The molecule has 1 aliphatic carbocycles. The van der Waals surface area contributed by atoms with Gasteiger partial charge in [-0.1, -0.05) is 18.2 Å². The molecule has 108 valence electrons. The maximum Gasteiger partial charge on any atom is 0.251 e. The zero-order valence-electron chi connectivity index (χ0n) is 12.4. The minimum Gasteiger partial charge on any atom is -0.351 e.